The van der Waals surface area contributed by atoms with E-state index in [9.17, 15) is 8.42 Å². The van der Waals surface area contributed by atoms with Gasteiger partial charge in [0.15, 0.2) is 0 Å². The van der Waals surface area contributed by atoms with Crippen molar-refractivity contribution in [3.63, 3.8) is 0 Å². The van der Waals surface area contributed by atoms with Crippen LogP contribution in [0.3, 0.4) is 0 Å². The number of rotatable bonds is 6. The van der Waals surface area contributed by atoms with E-state index in [1.165, 1.54) is 0 Å². The van der Waals surface area contributed by atoms with Gasteiger partial charge in [-0.1, -0.05) is 95.5 Å². The Morgan fingerprint density at radius 1 is 0.756 bits per heavy atom. The Hall–Kier alpha value is -4.21. The second-order valence-electron chi connectivity index (χ2n) is 10.2. The number of pyridine rings is 1. The van der Waals surface area contributed by atoms with Crippen LogP contribution in [0.4, 0.5) is 17.2 Å². The number of fused-ring (bicyclic) bond motifs is 1. The maximum absolute atomic E-state index is 13.9. The van der Waals surface area contributed by atoms with Gasteiger partial charge in [-0.25, -0.2) is 4.98 Å². The number of aromatic nitrogens is 1. The smallest absolute Gasteiger partial charge is 0.285 e. The highest BCUT2D eigenvalue weighted by Gasteiger charge is 2.26. The topological polar surface area (TPSA) is 74.7 Å². The lowest BCUT2D eigenvalue weighted by molar-refractivity contribution is 0.598. The number of nitrogens with one attached hydrogen (secondary N) is 1. The quantitative estimate of drug-likeness (QED) is 0.137. The van der Waals surface area contributed by atoms with Crippen molar-refractivity contribution in [1.82, 2.24) is 4.98 Å². The number of hydrogen-bond acceptors (Lipinski definition) is 3. The fraction of sp³-hybridized carbons (Fsp3) is 0.0286. The van der Waals surface area contributed by atoms with Crippen molar-refractivity contribution in [3.8, 4) is 11.3 Å². The molecule has 6 nitrogen and oxygen atoms in total. The average molecular weight is 716 g/mol. The number of benzene rings is 5. The summed E-state index contributed by atoms with van der Waals surface area (Å²) in [7, 11) is -4.20. The van der Waals surface area contributed by atoms with Gasteiger partial charge in [0.05, 0.1) is 20.7 Å². The first-order valence-corrected chi connectivity index (χ1v) is 16.8. The molecule has 0 aliphatic carbocycles. The average Bonchev–Trinajstić information content (AvgIpc) is 3.04. The van der Waals surface area contributed by atoms with Crippen LogP contribution in [0.1, 0.15) is 5.56 Å². The maximum Gasteiger partial charge on any atom is 0.285 e. The molecular weight excluding hydrogens is 691 g/mol. The molecule has 5 aromatic carbocycles. The molecule has 1 N–H and O–H groups in total. The molecular formula is C35H25BrCl2N4O2S. The Labute approximate surface area is 280 Å². The maximum atomic E-state index is 13.9. The number of hydrogen-bond donors (Lipinski definition) is 1. The van der Waals surface area contributed by atoms with Crippen LogP contribution in [0.15, 0.2) is 141 Å². The van der Waals surface area contributed by atoms with Gasteiger partial charge in [0.25, 0.3) is 10.0 Å². The van der Waals surface area contributed by atoms with Crippen LogP contribution in [0.5, 0.6) is 0 Å². The number of anilines is 3. The first-order chi connectivity index (χ1) is 21.7. The van der Waals surface area contributed by atoms with Crippen LogP contribution in [0, 0.1) is 6.92 Å². The summed E-state index contributed by atoms with van der Waals surface area (Å²) in [4.78, 5) is 6.92. The molecule has 224 valence electrons. The third kappa shape index (κ3) is 6.74. The van der Waals surface area contributed by atoms with Crippen LogP contribution in [-0.4, -0.2) is 19.4 Å². The molecule has 0 aliphatic rings. The minimum absolute atomic E-state index is 0.000734. The molecule has 0 saturated carbocycles. The zero-order valence-corrected chi connectivity index (χ0v) is 27.7. The molecule has 0 aliphatic heterocycles. The summed E-state index contributed by atoms with van der Waals surface area (Å²) in [6, 6.07) is 38.1. The number of sulfonamides is 1. The molecule has 6 rings (SSSR count). The summed E-state index contributed by atoms with van der Waals surface area (Å²) in [6.45, 7) is 1.89. The lowest BCUT2D eigenvalue weighted by Gasteiger charge is -2.28. The molecule has 10 heteroatoms. The fourth-order valence-electron chi connectivity index (χ4n) is 4.76. The van der Waals surface area contributed by atoms with Crippen molar-refractivity contribution in [3.05, 3.63) is 147 Å². The van der Waals surface area contributed by atoms with Gasteiger partial charge in [-0.05, 0) is 83.5 Å². The van der Waals surface area contributed by atoms with E-state index in [1.54, 1.807) is 77.7 Å². The summed E-state index contributed by atoms with van der Waals surface area (Å²) in [5.74, 6) is 0.452. The zero-order valence-electron chi connectivity index (χ0n) is 23.8. The van der Waals surface area contributed by atoms with Gasteiger partial charge in [0.2, 0.25) is 5.96 Å². The minimum atomic E-state index is -4.20. The van der Waals surface area contributed by atoms with E-state index in [-0.39, 0.29) is 10.9 Å². The van der Waals surface area contributed by atoms with Crippen LogP contribution in [-0.2, 0) is 10.0 Å². The summed E-state index contributed by atoms with van der Waals surface area (Å²) < 4.78 is 33.0. The van der Waals surface area contributed by atoms with Crippen molar-refractivity contribution < 1.29 is 8.42 Å². The Morgan fingerprint density at radius 2 is 1.33 bits per heavy atom. The van der Waals surface area contributed by atoms with E-state index in [2.05, 4.69) is 25.6 Å². The summed E-state index contributed by atoms with van der Waals surface area (Å²) in [6.07, 6.45) is 0. The van der Waals surface area contributed by atoms with Gasteiger partial charge < -0.3 is 5.32 Å². The highest BCUT2D eigenvalue weighted by molar-refractivity contribution is 9.10. The van der Waals surface area contributed by atoms with Crippen molar-refractivity contribution in [2.75, 3.05) is 10.2 Å². The standard InChI is InChI=1S/C35H25BrCl2N4O2S/c1-23-11-21-29(22-12-23)45(43,44)41-35(39-27-17-13-25(37)14-18-27)42(28-19-15-26(38)16-20-28)34-31-10-6-5-9-30(31)32(36)33(40-34)24-7-3-2-4-8-24/h2-22H,1H3,(H,39,41). The van der Waals surface area contributed by atoms with Gasteiger partial charge in [0.1, 0.15) is 5.82 Å². The van der Waals surface area contributed by atoms with E-state index < -0.39 is 10.0 Å². The highest BCUT2D eigenvalue weighted by atomic mass is 79.9. The molecule has 0 spiro atoms. The predicted octanol–water partition coefficient (Wildman–Crippen LogP) is 10.3. The normalized spacial score (nSPS) is 11.9. The summed E-state index contributed by atoms with van der Waals surface area (Å²) in [5.41, 5.74) is 3.64. The third-order valence-corrected chi connectivity index (χ3v) is 9.60. The Morgan fingerprint density at radius 3 is 1.98 bits per heavy atom. The molecule has 1 aromatic heterocycles. The molecule has 45 heavy (non-hydrogen) atoms. The van der Waals surface area contributed by atoms with Crippen LogP contribution in [0.2, 0.25) is 10.0 Å². The van der Waals surface area contributed by atoms with Gasteiger partial charge >= 0.3 is 0 Å². The van der Waals surface area contributed by atoms with E-state index in [0.29, 0.717) is 32.9 Å². The number of aryl methyl sites for hydroxylation is 1. The molecule has 0 saturated heterocycles. The van der Waals surface area contributed by atoms with Gasteiger partial charge in [-0.15, -0.1) is 4.40 Å². The predicted molar refractivity (Wildman–Crippen MR) is 189 cm³/mol. The minimum Gasteiger partial charge on any atom is -0.325 e. The molecule has 0 amide bonds. The zero-order chi connectivity index (χ0) is 31.6. The lowest BCUT2D eigenvalue weighted by Crippen LogP contribution is -2.34. The Bertz CT molecular complexity index is 2130. The van der Waals surface area contributed by atoms with Crippen molar-refractivity contribution in [2.24, 2.45) is 4.40 Å². The van der Waals surface area contributed by atoms with Gasteiger partial charge in [-0.3, -0.25) is 4.90 Å². The van der Waals surface area contributed by atoms with E-state index >= 15 is 0 Å². The number of halogens is 3. The summed E-state index contributed by atoms with van der Waals surface area (Å²) in [5, 5.41) is 5.95. The van der Waals surface area contributed by atoms with Crippen molar-refractivity contribution >= 4 is 83.1 Å². The van der Waals surface area contributed by atoms with Crippen molar-refractivity contribution in [2.45, 2.75) is 11.8 Å². The monoisotopic (exact) mass is 714 g/mol. The van der Waals surface area contributed by atoms with Crippen LogP contribution in [0.25, 0.3) is 22.0 Å². The first-order valence-electron chi connectivity index (χ1n) is 13.8. The fourth-order valence-corrected chi connectivity index (χ4v) is 6.62. The van der Waals surface area contributed by atoms with Crippen LogP contribution < -0.4 is 10.2 Å². The van der Waals surface area contributed by atoms with Gasteiger partial charge in [-0.2, -0.15) is 8.42 Å². The number of nitrogens with zero attached hydrogens (tertiary/aromatic N) is 3. The second kappa shape index (κ2) is 13.0. The molecule has 0 fully saturated rings. The van der Waals surface area contributed by atoms with Gasteiger partial charge in [0, 0.05) is 32.1 Å². The third-order valence-electron chi connectivity index (χ3n) is 7.01. The largest absolute Gasteiger partial charge is 0.325 e. The molecule has 0 atom stereocenters. The van der Waals surface area contributed by atoms with E-state index in [4.69, 9.17) is 28.2 Å². The molecule has 0 bridgehead atoms. The molecule has 1 heterocycles. The molecule has 0 radical (unpaired) electrons. The highest BCUT2D eigenvalue weighted by Crippen LogP contribution is 2.40. The second-order valence-corrected chi connectivity index (χ2v) is 13.4. The first kappa shape index (κ1) is 30.8. The summed E-state index contributed by atoms with van der Waals surface area (Å²) >= 11 is 16.3. The Balaban J connectivity index is 1.67. The van der Waals surface area contributed by atoms with E-state index in [0.717, 1.165) is 26.4 Å². The molecule has 6 aromatic rings. The van der Waals surface area contributed by atoms with Crippen LogP contribution >= 0.6 is 39.1 Å². The number of guanidine groups is 1. The SMILES string of the molecule is Cc1ccc(S(=O)(=O)/N=C(/Nc2ccc(Cl)cc2)N(c2ccc(Cl)cc2)c2nc(-c3ccccc3)c(Br)c3ccccc23)cc1. The van der Waals surface area contributed by atoms with Crippen molar-refractivity contribution in [1.29, 1.82) is 0 Å². The Kier molecular flexibility index (Phi) is 8.92. The van der Waals surface area contributed by atoms with E-state index in [1.807, 2.05) is 61.5 Å². The lowest BCUT2D eigenvalue weighted by atomic mass is 10.1. The molecule has 0 unspecified atom stereocenters.